The first-order chi connectivity index (χ1) is 5.45. The molecule has 0 aliphatic carbocycles. The first-order valence-corrected chi connectivity index (χ1v) is 4.67. The lowest BCUT2D eigenvalue weighted by atomic mass is 10.2. The zero-order valence-electron chi connectivity index (χ0n) is 9.56. The molecule has 0 rings (SSSR count). The van der Waals surface area contributed by atoms with Crippen LogP contribution in [0.4, 0.5) is 0 Å². The van der Waals surface area contributed by atoms with Gasteiger partial charge in [0.1, 0.15) is 5.60 Å². The Labute approximate surface area is 77.0 Å². The Morgan fingerprint density at radius 2 is 1.67 bits per heavy atom. The highest BCUT2D eigenvalue weighted by atomic mass is 16.6. The molecule has 2 heteroatoms. The van der Waals surface area contributed by atoms with Gasteiger partial charge in [-0.2, -0.15) is 0 Å². The number of nitrogens with zero attached hydrogens (tertiary/aromatic N) is 1. The first-order valence-electron chi connectivity index (χ1n) is 4.67. The second-order valence-electron chi connectivity index (χ2n) is 3.38. The molecule has 0 spiro atoms. The van der Waals surface area contributed by atoms with E-state index in [1.165, 1.54) is 0 Å². The van der Waals surface area contributed by atoms with Crippen molar-refractivity contribution in [1.82, 2.24) is 0 Å². The fourth-order valence-electron chi connectivity index (χ4n) is 0.279. The summed E-state index contributed by atoms with van der Waals surface area (Å²) in [5.41, 5.74) is 0.881. The Balaban J connectivity index is 0. The van der Waals surface area contributed by atoms with Gasteiger partial charge in [0, 0.05) is 0 Å². The normalized spacial score (nSPS) is 11.8. The van der Waals surface area contributed by atoms with Crippen LogP contribution < -0.4 is 0 Å². The minimum atomic E-state index is -0.156. The standard InChI is InChI=1S/C8H17NO.C2H6/c1-6-7(2)9-10-8(3,4)5;1-2/h6H2,1-5H3;1-2H3/b9-7+;. The van der Waals surface area contributed by atoms with Gasteiger partial charge in [-0.3, -0.25) is 0 Å². The summed E-state index contributed by atoms with van der Waals surface area (Å²) in [5.74, 6) is 0. The van der Waals surface area contributed by atoms with Gasteiger partial charge < -0.3 is 4.84 Å². The molecule has 0 N–H and O–H groups in total. The van der Waals surface area contributed by atoms with Gasteiger partial charge in [0.05, 0.1) is 5.71 Å². The third-order valence-electron chi connectivity index (χ3n) is 0.987. The van der Waals surface area contributed by atoms with Gasteiger partial charge in [-0.25, -0.2) is 0 Å². The molecule has 12 heavy (non-hydrogen) atoms. The lowest BCUT2D eigenvalue weighted by molar-refractivity contribution is 0.000514. The van der Waals surface area contributed by atoms with Crippen molar-refractivity contribution in [3.05, 3.63) is 0 Å². The van der Waals surface area contributed by atoms with E-state index < -0.39 is 0 Å². The predicted molar refractivity (Wildman–Crippen MR) is 55.6 cm³/mol. The van der Waals surface area contributed by atoms with E-state index in [1.54, 1.807) is 0 Å². The highest BCUT2D eigenvalue weighted by molar-refractivity contribution is 5.80. The quantitative estimate of drug-likeness (QED) is 0.461. The molecule has 2 nitrogen and oxygen atoms in total. The van der Waals surface area contributed by atoms with Crippen LogP contribution in [0, 0.1) is 0 Å². The average molecular weight is 173 g/mol. The molecule has 0 atom stereocenters. The maximum atomic E-state index is 5.17. The Bertz CT molecular complexity index is 122. The van der Waals surface area contributed by atoms with Crippen molar-refractivity contribution in [2.75, 3.05) is 0 Å². The molecule has 74 valence electrons. The third-order valence-corrected chi connectivity index (χ3v) is 0.987. The molecule has 0 radical (unpaired) electrons. The molecule has 0 saturated carbocycles. The zero-order chi connectivity index (χ0) is 10.2. The maximum absolute atomic E-state index is 5.17. The summed E-state index contributed by atoms with van der Waals surface area (Å²) in [6.45, 7) is 14.0. The van der Waals surface area contributed by atoms with Crippen LogP contribution in [0.25, 0.3) is 0 Å². The van der Waals surface area contributed by atoms with Crippen molar-refractivity contribution in [2.24, 2.45) is 5.16 Å². The molecule has 0 saturated heterocycles. The van der Waals surface area contributed by atoms with Crippen LogP contribution in [0.3, 0.4) is 0 Å². The summed E-state index contributed by atoms with van der Waals surface area (Å²) >= 11 is 0. The fourth-order valence-corrected chi connectivity index (χ4v) is 0.279. The van der Waals surface area contributed by atoms with E-state index >= 15 is 0 Å². The van der Waals surface area contributed by atoms with Gasteiger partial charge in [0.25, 0.3) is 0 Å². The van der Waals surface area contributed by atoms with Crippen molar-refractivity contribution in [1.29, 1.82) is 0 Å². The minimum Gasteiger partial charge on any atom is -0.390 e. The van der Waals surface area contributed by atoms with E-state index in [4.69, 9.17) is 4.84 Å². The van der Waals surface area contributed by atoms with Crippen LogP contribution in [-0.2, 0) is 4.84 Å². The number of hydrogen-bond donors (Lipinski definition) is 0. The summed E-state index contributed by atoms with van der Waals surface area (Å²) in [7, 11) is 0. The SMILES string of the molecule is CC.CC/C(C)=N/OC(C)(C)C. The summed E-state index contributed by atoms with van der Waals surface area (Å²) in [4.78, 5) is 5.17. The lowest BCUT2D eigenvalue weighted by Gasteiger charge is -2.15. The van der Waals surface area contributed by atoms with E-state index in [0.29, 0.717) is 0 Å². The monoisotopic (exact) mass is 173 g/mol. The van der Waals surface area contributed by atoms with Gasteiger partial charge >= 0.3 is 0 Å². The molecule has 0 amide bonds. The zero-order valence-corrected chi connectivity index (χ0v) is 9.56. The molecule has 0 heterocycles. The molecule has 0 aromatic carbocycles. The summed E-state index contributed by atoms with van der Waals surface area (Å²) < 4.78 is 0. The maximum Gasteiger partial charge on any atom is 0.129 e. The van der Waals surface area contributed by atoms with Crippen molar-refractivity contribution in [3.63, 3.8) is 0 Å². The number of oxime groups is 1. The second-order valence-corrected chi connectivity index (χ2v) is 3.38. The van der Waals surface area contributed by atoms with Gasteiger partial charge in [0.15, 0.2) is 0 Å². The van der Waals surface area contributed by atoms with Crippen LogP contribution in [0.5, 0.6) is 0 Å². The van der Waals surface area contributed by atoms with Crippen LogP contribution in [0.2, 0.25) is 0 Å². The predicted octanol–water partition coefficient (Wildman–Crippen LogP) is 3.61. The highest BCUT2D eigenvalue weighted by Crippen LogP contribution is 2.07. The molecular weight excluding hydrogens is 150 g/mol. The van der Waals surface area contributed by atoms with Crippen LogP contribution in [0.1, 0.15) is 54.9 Å². The molecule has 0 aliphatic heterocycles. The molecule has 0 fully saturated rings. The van der Waals surface area contributed by atoms with Crippen LogP contribution in [-0.4, -0.2) is 11.3 Å². The van der Waals surface area contributed by atoms with E-state index in [1.807, 2.05) is 41.5 Å². The molecular formula is C10H23NO. The summed E-state index contributed by atoms with van der Waals surface area (Å²) in [6, 6.07) is 0. The Morgan fingerprint density at radius 3 is 1.92 bits per heavy atom. The van der Waals surface area contributed by atoms with Gasteiger partial charge in [-0.05, 0) is 34.1 Å². The van der Waals surface area contributed by atoms with E-state index in [0.717, 1.165) is 12.1 Å². The van der Waals surface area contributed by atoms with Crippen LogP contribution in [0.15, 0.2) is 5.16 Å². The van der Waals surface area contributed by atoms with E-state index in [-0.39, 0.29) is 5.60 Å². The highest BCUT2D eigenvalue weighted by Gasteiger charge is 2.09. The Kier molecular flexibility index (Phi) is 8.34. The van der Waals surface area contributed by atoms with Crippen molar-refractivity contribution < 1.29 is 4.84 Å². The smallest absolute Gasteiger partial charge is 0.129 e. The van der Waals surface area contributed by atoms with Gasteiger partial charge in [0.2, 0.25) is 0 Å². The van der Waals surface area contributed by atoms with Gasteiger partial charge in [-0.1, -0.05) is 25.9 Å². The van der Waals surface area contributed by atoms with Gasteiger partial charge in [-0.15, -0.1) is 0 Å². The molecule has 0 bridgehead atoms. The lowest BCUT2D eigenvalue weighted by Crippen LogP contribution is -2.16. The molecule has 0 aromatic heterocycles. The van der Waals surface area contributed by atoms with E-state index in [9.17, 15) is 0 Å². The molecule has 0 aromatic rings. The van der Waals surface area contributed by atoms with E-state index in [2.05, 4.69) is 12.1 Å². The third kappa shape index (κ3) is 12.2. The topological polar surface area (TPSA) is 21.6 Å². The summed E-state index contributed by atoms with van der Waals surface area (Å²) in [6.07, 6.45) is 0.954. The first kappa shape index (κ1) is 14.0. The summed E-state index contributed by atoms with van der Waals surface area (Å²) in [5, 5.41) is 3.93. The molecule has 0 unspecified atom stereocenters. The van der Waals surface area contributed by atoms with Crippen molar-refractivity contribution in [3.8, 4) is 0 Å². The molecule has 0 aliphatic rings. The Morgan fingerprint density at radius 1 is 1.25 bits per heavy atom. The number of hydrogen-bond acceptors (Lipinski definition) is 2. The fraction of sp³-hybridized carbons (Fsp3) is 0.900. The Hall–Kier alpha value is -0.530. The minimum absolute atomic E-state index is 0.156. The average Bonchev–Trinajstić information content (AvgIpc) is 2.03. The van der Waals surface area contributed by atoms with Crippen molar-refractivity contribution >= 4 is 5.71 Å². The number of rotatable bonds is 2. The second kappa shape index (κ2) is 7.14. The van der Waals surface area contributed by atoms with Crippen LogP contribution >= 0.6 is 0 Å². The largest absolute Gasteiger partial charge is 0.390 e. The van der Waals surface area contributed by atoms with Crippen molar-refractivity contribution in [2.45, 2.75) is 60.5 Å².